The minimum absolute atomic E-state index is 0.0237. The van der Waals surface area contributed by atoms with Gasteiger partial charge in [0, 0.05) is 36.7 Å². The van der Waals surface area contributed by atoms with Gasteiger partial charge in [0.05, 0.1) is 5.75 Å². The number of para-hydroxylation sites is 1. The van der Waals surface area contributed by atoms with Gasteiger partial charge in [0.2, 0.25) is 0 Å². The molecule has 1 unspecified atom stereocenters. The highest BCUT2D eigenvalue weighted by molar-refractivity contribution is 7.91. The minimum atomic E-state index is -3.05. The molecule has 1 N–H and O–H groups in total. The van der Waals surface area contributed by atoms with Crippen LogP contribution in [0.1, 0.15) is 31.2 Å². The number of carbonyl (C=O) groups is 1. The van der Waals surface area contributed by atoms with Crippen LogP contribution in [0.3, 0.4) is 0 Å². The number of ketones is 1. The van der Waals surface area contributed by atoms with Crippen LogP contribution in [-0.2, 0) is 14.6 Å². The first kappa shape index (κ1) is 14.1. The standard InChI is InChI=1S/C14H19NO3S/c1-2-19(17,18)8-7-12(16)9-11-10-15-14-6-4-3-5-13(11)14/h3-6,11,15H,2,7-10H2,1H3. The summed E-state index contributed by atoms with van der Waals surface area (Å²) < 4.78 is 22.7. The molecule has 104 valence electrons. The van der Waals surface area contributed by atoms with Crippen molar-refractivity contribution in [3.8, 4) is 0 Å². The van der Waals surface area contributed by atoms with Crippen LogP contribution < -0.4 is 5.32 Å². The van der Waals surface area contributed by atoms with Crippen LogP contribution in [0.4, 0.5) is 5.69 Å². The summed E-state index contributed by atoms with van der Waals surface area (Å²) in [5, 5.41) is 3.27. The van der Waals surface area contributed by atoms with Gasteiger partial charge in [0.15, 0.2) is 0 Å². The van der Waals surface area contributed by atoms with Crippen molar-refractivity contribution in [2.75, 3.05) is 23.4 Å². The number of carbonyl (C=O) groups excluding carboxylic acids is 1. The lowest BCUT2D eigenvalue weighted by Gasteiger charge is -2.09. The van der Waals surface area contributed by atoms with Crippen molar-refractivity contribution in [2.24, 2.45) is 0 Å². The van der Waals surface area contributed by atoms with Crippen LogP contribution in [0.5, 0.6) is 0 Å². The molecule has 0 aromatic heterocycles. The molecule has 0 amide bonds. The first-order valence-corrected chi connectivity index (χ1v) is 8.39. The Bertz CT molecular complexity index is 566. The maximum Gasteiger partial charge on any atom is 0.150 e. The van der Waals surface area contributed by atoms with Crippen molar-refractivity contribution in [3.05, 3.63) is 29.8 Å². The van der Waals surface area contributed by atoms with E-state index in [0.717, 1.165) is 17.8 Å². The van der Waals surface area contributed by atoms with Crippen LogP contribution in [0.25, 0.3) is 0 Å². The molecule has 1 aromatic rings. The molecule has 4 nitrogen and oxygen atoms in total. The molecule has 0 aliphatic carbocycles. The van der Waals surface area contributed by atoms with E-state index in [-0.39, 0.29) is 29.6 Å². The third-order valence-electron chi connectivity index (χ3n) is 3.55. The monoisotopic (exact) mass is 281 g/mol. The van der Waals surface area contributed by atoms with Gasteiger partial charge >= 0.3 is 0 Å². The van der Waals surface area contributed by atoms with E-state index in [1.807, 2.05) is 24.3 Å². The van der Waals surface area contributed by atoms with Crippen molar-refractivity contribution in [1.29, 1.82) is 0 Å². The summed E-state index contributed by atoms with van der Waals surface area (Å²) >= 11 is 0. The predicted octanol–water partition coefficient (Wildman–Crippen LogP) is 1.98. The van der Waals surface area contributed by atoms with Crippen LogP contribution in [0.15, 0.2) is 24.3 Å². The number of fused-ring (bicyclic) bond motifs is 1. The number of benzene rings is 1. The second kappa shape index (κ2) is 5.74. The number of Topliss-reactive ketones (excluding diaryl/α,β-unsaturated/α-hetero) is 1. The molecule has 1 aliphatic rings. The lowest BCUT2D eigenvalue weighted by molar-refractivity contribution is -0.119. The highest BCUT2D eigenvalue weighted by Crippen LogP contribution is 2.33. The summed E-state index contributed by atoms with van der Waals surface area (Å²) in [6.07, 6.45) is 0.554. The summed E-state index contributed by atoms with van der Waals surface area (Å²) in [6, 6.07) is 7.95. The highest BCUT2D eigenvalue weighted by atomic mass is 32.2. The Morgan fingerprint density at radius 2 is 2.11 bits per heavy atom. The summed E-state index contributed by atoms with van der Waals surface area (Å²) in [5.41, 5.74) is 2.25. The van der Waals surface area contributed by atoms with E-state index in [1.165, 1.54) is 0 Å². The summed E-state index contributed by atoms with van der Waals surface area (Å²) in [6.45, 7) is 2.36. The maximum atomic E-state index is 11.9. The van der Waals surface area contributed by atoms with Gasteiger partial charge in [-0.25, -0.2) is 8.42 Å². The molecule has 0 saturated heterocycles. The molecule has 19 heavy (non-hydrogen) atoms. The van der Waals surface area contributed by atoms with E-state index in [0.29, 0.717) is 6.42 Å². The highest BCUT2D eigenvalue weighted by Gasteiger charge is 2.24. The van der Waals surface area contributed by atoms with E-state index in [9.17, 15) is 13.2 Å². The minimum Gasteiger partial charge on any atom is -0.384 e. The number of hydrogen-bond donors (Lipinski definition) is 1. The van der Waals surface area contributed by atoms with Crippen molar-refractivity contribution in [1.82, 2.24) is 0 Å². The van der Waals surface area contributed by atoms with Gasteiger partial charge in [0.25, 0.3) is 0 Å². The van der Waals surface area contributed by atoms with Gasteiger partial charge in [-0.05, 0) is 11.6 Å². The molecule has 0 bridgehead atoms. The van der Waals surface area contributed by atoms with Crippen LogP contribution in [0.2, 0.25) is 0 Å². The number of nitrogens with one attached hydrogen (secondary N) is 1. The normalized spacial score (nSPS) is 17.8. The lowest BCUT2D eigenvalue weighted by atomic mass is 9.95. The number of sulfone groups is 1. The summed E-state index contributed by atoms with van der Waals surface area (Å²) in [7, 11) is -3.05. The zero-order valence-corrected chi connectivity index (χ0v) is 11.9. The fourth-order valence-corrected chi connectivity index (χ4v) is 3.16. The number of hydrogen-bond acceptors (Lipinski definition) is 4. The van der Waals surface area contributed by atoms with Crippen molar-refractivity contribution in [3.63, 3.8) is 0 Å². The third kappa shape index (κ3) is 3.56. The van der Waals surface area contributed by atoms with E-state index in [2.05, 4.69) is 5.32 Å². The third-order valence-corrected chi connectivity index (χ3v) is 5.25. The molecular formula is C14H19NO3S. The molecule has 1 aliphatic heterocycles. The van der Waals surface area contributed by atoms with Gasteiger partial charge in [0.1, 0.15) is 15.6 Å². The molecular weight excluding hydrogens is 262 g/mol. The number of rotatable bonds is 6. The SMILES string of the molecule is CCS(=O)(=O)CCC(=O)CC1CNc2ccccc21. The van der Waals surface area contributed by atoms with Crippen LogP contribution in [-0.4, -0.2) is 32.3 Å². The molecule has 0 fully saturated rings. The summed E-state index contributed by atoms with van der Waals surface area (Å²) in [4.78, 5) is 11.9. The topological polar surface area (TPSA) is 63.2 Å². The average Bonchev–Trinajstić information content (AvgIpc) is 2.80. The largest absolute Gasteiger partial charge is 0.384 e. The lowest BCUT2D eigenvalue weighted by Crippen LogP contribution is -2.15. The Morgan fingerprint density at radius 3 is 2.84 bits per heavy atom. The first-order valence-electron chi connectivity index (χ1n) is 6.57. The van der Waals surface area contributed by atoms with Gasteiger partial charge in [-0.2, -0.15) is 0 Å². The smallest absolute Gasteiger partial charge is 0.150 e. The Hall–Kier alpha value is -1.36. The second-order valence-corrected chi connectivity index (χ2v) is 7.37. The van der Waals surface area contributed by atoms with Crippen LogP contribution >= 0.6 is 0 Å². The van der Waals surface area contributed by atoms with E-state index in [4.69, 9.17) is 0 Å². The quantitative estimate of drug-likeness (QED) is 0.866. The van der Waals surface area contributed by atoms with Crippen molar-refractivity contribution < 1.29 is 13.2 Å². The predicted molar refractivity (Wildman–Crippen MR) is 76.2 cm³/mol. The number of anilines is 1. The first-order chi connectivity index (χ1) is 9.02. The molecule has 0 saturated carbocycles. The summed E-state index contributed by atoms with van der Waals surface area (Å²) in [5.74, 6) is 0.284. The zero-order chi connectivity index (χ0) is 13.9. The molecule has 1 heterocycles. The Morgan fingerprint density at radius 1 is 1.37 bits per heavy atom. The van der Waals surface area contributed by atoms with Crippen molar-refractivity contribution >= 4 is 21.3 Å². The Balaban J connectivity index is 1.91. The molecule has 0 spiro atoms. The van der Waals surface area contributed by atoms with Crippen molar-refractivity contribution in [2.45, 2.75) is 25.7 Å². The van der Waals surface area contributed by atoms with Crippen LogP contribution in [0, 0.1) is 0 Å². The van der Waals surface area contributed by atoms with Gasteiger partial charge in [-0.1, -0.05) is 25.1 Å². The van der Waals surface area contributed by atoms with Gasteiger partial charge in [-0.3, -0.25) is 4.79 Å². The van der Waals surface area contributed by atoms with E-state index < -0.39 is 9.84 Å². The Kier molecular flexibility index (Phi) is 4.24. The second-order valence-electron chi connectivity index (χ2n) is 4.89. The Labute approximate surface area is 114 Å². The fourth-order valence-electron chi connectivity index (χ4n) is 2.33. The van der Waals surface area contributed by atoms with E-state index >= 15 is 0 Å². The van der Waals surface area contributed by atoms with E-state index in [1.54, 1.807) is 6.92 Å². The molecule has 1 atom stereocenters. The molecule has 0 radical (unpaired) electrons. The molecule has 1 aromatic carbocycles. The zero-order valence-electron chi connectivity index (χ0n) is 11.1. The molecule has 5 heteroatoms. The fraction of sp³-hybridized carbons (Fsp3) is 0.500. The van der Waals surface area contributed by atoms with Gasteiger partial charge in [-0.15, -0.1) is 0 Å². The van der Waals surface area contributed by atoms with Gasteiger partial charge < -0.3 is 5.32 Å². The molecule has 2 rings (SSSR count). The maximum absolute atomic E-state index is 11.9. The average molecular weight is 281 g/mol.